The van der Waals surface area contributed by atoms with Gasteiger partial charge in [-0.1, -0.05) is 11.6 Å². The van der Waals surface area contributed by atoms with Crippen molar-refractivity contribution in [2.45, 2.75) is 12.8 Å². The van der Waals surface area contributed by atoms with Gasteiger partial charge in [0.15, 0.2) is 0 Å². The monoisotopic (exact) mass is 240 g/mol. The topological polar surface area (TPSA) is 49.5 Å². The number of rotatable bonds is 2. The smallest absolute Gasteiger partial charge is 0.0660 e. The molecule has 0 amide bonds. The van der Waals surface area contributed by atoms with E-state index in [1.54, 1.807) is 6.07 Å². The molecule has 1 aliphatic heterocycles. The molecule has 1 heterocycles. The molecule has 1 aromatic carbocycles. The quantitative estimate of drug-likeness (QED) is 0.779. The van der Waals surface area contributed by atoms with E-state index in [1.807, 2.05) is 12.1 Å². The fourth-order valence-corrected chi connectivity index (χ4v) is 2.52. The lowest BCUT2D eigenvalue weighted by Crippen LogP contribution is -2.36. The molecule has 2 rings (SSSR count). The molecule has 0 spiro atoms. The molecular weight excluding hydrogens is 224 g/mol. The maximum Gasteiger partial charge on any atom is 0.0660 e. The number of anilines is 2. The minimum absolute atomic E-state index is 0.253. The summed E-state index contributed by atoms with van der Waals surface area (Å²) < 4.78 is 0. The second-order valence-electron chi connectivity index (χ2n) is 4.35. The van der Waals surface area contributed by atoms with Crippen molar-refractivity contribution in [2.24, 2.45) is 5.92 Å². The van der Waals surface area contributed by atoms with Crippen LogP contribution >= 0.6 is 11.6 Å². The van der Waals surface area contributed by atoms with Gasteiger partial charge in [-0.05, 0) is 37.0 Å². The van der Waals surface area contributed by atoms with Crippen LogP contribution in [0.4, 0.5) is 11.4 Å². The summed E-state index contributed by atoms with van der Waals surface area (Å²) in [6.07, 6.45) is 2.20. The zero-order valence-corrected chi connectivity index (χ0v) is 9.95. The number of aliphatic hydroxyl groups is 1. The van der Waals surface area contributed by atoms with Crippen molar-refractivity contribution in [2.75, 3.05) is 30.3 Å². The number of halogens is 1. The SMILES string of the molecule is Nc1ccc(N2CCCC(CO)C2)c(Cl)c1. The van der Waals surface area contributed by atoms with Crippen LogP contribution in [0.5, 0.6) is 0 Å². The number of piperidine rings is 1. The molecule has 3 nitrogen and oxygen atoms in total. The Bertz CT molecular complexity index is 370. The lowest BCUT2D eigenvalue weighted by atomic mass is 9.98. The minimum Gasteiger partial charge on any atom is -0.399 e. The minimum atomic E-state index is 0.253. The lowest BCUT2D eigenvalue weighted by Gasteiger charge is -2.34. The summed E-state index contributed by atoms with van der Waals surface area (Å²) in [4.78, 5) is 2.23. The third-order valence-corrected chi connectivity index (χ3v) is 3.39. The van der Waals surface area contributed by atoms with E-state index in [4.69, 9.17) is 17.3 Å². The number of nitrogens with zero attached hydrogens (tertiary/aromatic N) is 1. The van der Waals surface area contributed by atoms with E-state index in [-0.39, 0.29) is 6.61 Å². The van der Waals surface area contributed by atoms with Gasteiger partial charge in [0.2, 0.25) is 0 Å². The third-order valence-electron chi connectivity index (χ3n) is 3.09. The van der Waals surface area contributed by atoms with Gasteiger partial charge in [0.05, 0.1) is 10.7 Å². The molecule has 1 fully saturated rings. The van der Waals surface area contributed by atoms with Gasteiger partial charge in [0.1, 0.15) is 0 Å². The maximum absolute atomic E-state index is 9.19. The van der Waals surface area contributed by atoms with Crippen LogP contribution in [-0.2, 0) is 0 Å². The first kappa shape index (κ1) is 11.6. The molecule has 0 bridgehead atoms. The molecule has 1 saturated heterocycles. The van der Waals surface area contributed by atoms with Gasteiger partial charge < -0.3 is 15.7 Å². The number of hydrogen-bond acceptors (Lipinski definition) is 3. The molecule has 16 heavy (non-hydrogen) atoms. The van der Waals surface area contributed by atoms with E-state index in [0.717, 1.165) is 31.6 Å². The van der Waals surface area contributed by atoms with Gasteiger partial charge >= 0.3 is 0 Å². The summed E-state index contributed by atoms with van der Waals surface area (Å²) in [5.41, 5.74) is 7.37. The summed E-state index contributed by atoms with van der Waals surface area (Å²) in [5, 5.41) is 9.88. The van der Waals surface area contributed by atoms with Gasteiger partial charge in [-0.2, -0.15) is 0 Å². The Morgan fingerprint density at radius 1 is 1.50 bits per heavy atom. The Labute approximate surface area is 101 Å². The highest BCUT2D eigenvalue weighted by Crippen LogP contribution is 2.31. The molecule has 4 heteroatoms. The fraction of sp³-hybridized carbons (Fsp3) is 0.500. The van der Waals surface area contributed by atoms with Crippen LogP contribution in [0.1, 0.15) is 12.8 Å². The molecule has 0 saturated carbocycles. The highest BCUT2D eigenvalue weighted by molar-refractivity contribution is 6.33. The summed E-state index contributed by atoms with van der Waals surface area (Å²) in [6.45, 7) is 2.13. The van der Waals surface area contributed by atoms with Crippen molar-refractivity contribution in [3.63, 3.8) is 0 Å². The summed E-state index contributed by atoms with van der Waals surface area (Å²) in [5.74, 6) is 0.363. The average molecular weight is 241 g/mol. The second kappa shape index (κ2) is 4.93. The summed E-state index contributed by atoms with van der Waals surface area (Å²) in [7, 11) is 0. The van der Waals surface area contributed by atoms with Crippen molar-refractivity contribution < 1.29 is 5.11 Å². The van der Waals surface area contributed by atoms with Crippen LogP contribution in [0.3, 0.4) is 0 Å². The first-order valence-corrected chi connectivity index (χ1v) is 5.99. The van der Waals surface area contributed by atoms with Crippen LogP contribution in [0, 0.1) is 5.92 Å². The lowest BCUT2D eigenvalue weighted by molar-refractivity contribution is 0.209. The van der Waals surface area contributed by atoms with Gasteiger partial charge in [0, 0.05) is 25.4 Å². The predicted molar refractivity (Wildman–Crippen MR) is 67.9 cm³/mol. The van der Waals surface area contributed by atoms with E-state index in [9.17, 15) is 5.11 Å². The van der Waals surface area contributed by atoms with E-state index < -0.39 is 0 Å². The number of nitrogens with two attached hydrogens (primary N) is 1. The number of benzene rings is 1. The van der Waals surface area contributed by atoms with Crippen molar-refractivity contribution in [3.8, 4) is 0 Å². The molecule has 1 aromatic rings. The average Bonchev–Trinajstić information content (AvgIpc) is 2.29. The van der Waals surface area contributed by atoms with Crippen molar-refractivity contribution in [1.82, 2.24) is 0 Å². The van der Waals surface area contributed by atoms with E-state index in [2.05, 4.69) is 4.90 Å². The summed E-state index contributed by atoms with van der Waals surface area (Å²) in [6, 6.07) is 5.60. The van der Waals surface area contributed by atoms with Gasteiger partial charge in [-0.15, -0.1) is 0 Å². The van der Waals surface area contributed by atoms with E-state index >= 15 is 0 Å². The van der Waals surface area contributed by atoms with Crippen molar-refractivity contribution >= 4 is 23.0 Å². The van der Waals surface area contributed by atoms with Crippen LogP contribution < -0.4 is 10.6 Å². The fourth-order valence-electron chi connectivity index (χ4n) is 2.21. The standard InChI is InChI=1S/C12H17ClN2O/c13-11-6-10(14)3-4-12(11)15-5-1-2-9(7-15)8-16/h3-4,6,9,16H,1-2,5,7-8,14H2. The van der Waals surface area contributed by atoms with Crippen LogP contribution in [0.25, 0.3) is 0 Å². The largest absolute Gasteiger partial charge is 0.399 e. The third kappa shape index (κ3) is 2.42. The Balaban J connectivity index is 2.16. The predicted octanol–water partition coefficient (Wildman–Crippen LogP) is 2.13. The van der Waals surface area contributed by atoms with Gasteiger partial charge in [-0.25, -0.2) is 0 Å². The Hall–Kier alpha value is -0.930. The molecule has 0 aliphatic carbocycles. The van der Waals surface area contributed by atoms with E-state index in [0.29, 0.717) is 16.6 Å². The molecule has 1 atom stereocenters. The molecule has 88 valence electrons. The number of aliphatic hydroxyl groups excluding tert-OH is 1. The van der Waals surface area contributed by atoms with Crippen molar-refractivity contribution in [3.05, 3.63) is 23.2 Å². The molecule has 3 N–H and O–H groups in total. The molecule has 0 aromatic heterocycles. The van der Waals surface area contributed by atoms with Gasteiger partial charge in [-0.3, -0.25) is 0 Å². The zero-order valence-electron chi connectivity index (χ0n) is 9.19. The van der Waals surface area contributed by atoms with Crippen LogP contribution in [0.15, 0.2) is 18.2 Å². The van der Waals surface area contributed by atoms with Gasteiger partial charge in [0.25, 0.3) is 0 Å². The maximum atomic E-state index is 9.19. The summed E-state index contributed by atoms with van der Waals surface area (Å²) >= 11 is 6.17. The zero-order chi connectivity index (χ0) is 11.5. The number of hydrogen-bond donors (Lipinski definition) is 2. The molecular formula is C12H17ClN2O. The van der Waals surface area contributed by atoms with Crippen LogP contribution in [-0.4, -0.2) is 24.8 Å². The highest BCUT2D eigenvalue weighted by Gasteiger charge is 2.20. The van der Waals surface area contributed by atoms with Crippen LogP contribution in [0.2, 0.25) is 5.02 Å². The normalized spacial score (nSPS) is 21.1. The highest BCUT2D eigenvalue weighted by atomic mass is 35.5. The Morgan fingerprint density at radius 2 is 2.31 bits per heavy atom. The first-order chi connectivity index (χ1) is 7.70. The Kier molecular flexibility index (Phi) is 3.56. The van der Waals surface area contributed by atoms with E-state index in [1.165, 1.54) is 0 Å². The molecule has 1 unspecified atom stereocenters. The molecule has 1 aliphatic rings. The van der Waals surface area contributed by atoms with Crippen molar-refractivity contribution in [1.29, 1.82) is 0 Å². The number of nitrogen functional groups attached to an aromatic ring is 1. The first-order valence-electron chi connectivity index (χ1n) is 5.61. The second-order valence-corrected chi connectivity index (χ2v) is 4.75. The Morgan fingerprint density at radius 3 is 3.00 bits per heavy atom. The molecule has 0 radical (unpaired) electrons.